The number of nitrogens with zero attached hydrogens (tertiary/aromatic N) is 1. The Balaban J connectivity index is 0.000000378. The molecule has 0 saturated carbocycles. The molecular formula is C30H32IrNO2S-. The summed E-state index contributed by atoms with van der Waals surface area (Å²) < 4.78 is 2.68. The summed E-state index contributed by atoms with van der Waals surface area (Å²) in [6.45, 7) is 9.56. The smallest absolute Gasteiger partial charge is 0.155 e. The molecule has 3 nitrogen and oxygen atoms in total. The van der Waals surface area contributed by atoms with Crippen LogP contribution in [-0.2, 0) is 43.2 Å². The van der Waals surface area contributed by atoms with E-state index >= 15 is 0 Å². The van der Waals surface area contributed by atoms with E-state index in [2.05, 4.69) is 63.2 Å². The minimum Gasteiger partial charge on any atom is -0.512 e. The van der Waals surface area contributed by atoms with Gasteiger partial charge in [0.25, 0.3) is 0 Å². The zero-order valence-electron chi connectivity index (χ0n) is 21.0. The molecule has 1 aliphatic rings. The number of fused-ring (bicyclic) bond motifs is 4. The molecule has 35 heavy (non-hydrogen) atoms. The van der Waals surface area contributed by atoms with Gasteiger partial charge in [-0.3, -0.25) is 4.79 Å². The second-order valence-electron chi connectivity index (χ2n) is 10.1. The predicted molar refractivity (Wildman–Crippen MR) is 144 cm³/mol. The van der Waals surface area contributed by atoms with Crippen LogP contribution in [0.25, 0.3) is 31.4 Å². The Hall–Kier alpha value is -2.33. The molecule has 1 radical (unpaired) electrons. The average Bonchev–Trinajstić information content (AvgIpc) is 3.14. The average molecular weight is 663 g/mol. The molecule has 2 heterocycles. The molecule has 0 spiro atoms. The minimum atomic E-state index is -0.125. The number of pyridine rings is 1. The Morgan fingerprint density at radius 3 is 2.29 bits per heavy atom. The van der Waals surface area contributed by atoms with E-state index in [1.807, 2.05) is 17.5 Å². The fourth-order valence-electron chi connectivity index (χ4n) is 4.46. The minimum absolute atomic E-state index is 0. The molecule has 0 aliphatic heterocycles. The monoisotopic (exact) mass is 663 g/mol. The number of ketones is 1. The maximum atomic E-state index is 10.0. The predicted octanol–water partition coefficient (Wildman–Crippen LogP) is 8.13. The standard InChI is InChI=1S/C25H24NS.C5H8O2.Ir/c1-25(2,3)19-10-8-16(9-11-19)23-24-20(12-13-26-23)21-14-17-6-4-5-7-18(17)15-22(21)27-24;1-4(6)3-5(2)7;/h8,10-15H,4-7H2,1-3H3;3,6H,1-2H3;/q-1;;/b;4-3-;. The third kappa shape index (κ3) is 6.27. The molecule has 2 aromatic carbocycles. The number of aliphatic hydroxyl groups is 1. The van der Waals surface area contributed by atoms with Crippen molar-refractivity contribution in [1.82, 2.24) is 4.98 Å². The summed E-state index contributed by atoms with van der Waals surface area (Å²) in [5.74, 6) is -0.0625. The Bertz CT molecular complexity index is 1370. The summed E-state index contributed by atoms with van der Waals surface area (Å²) in [5, 5.41) is 11.1. The van der Waals surface area contributed by atoms with Gasteiger partial charge in [0, 0.05) is 47.5 Å². The number of hydrogen-bond acceptors (Lipinski definition) is 4. The van der Waals surface area contributed by atoms with Crippen LogP contribution >= 0.6 is 11.3 Å². The van der Waals surface area contributed by atoms with Gasteiger partial charge in [-0.25, -0.2) is 0 Å². The second-order valence-corrected chi connectivity index (χ2v) is 11.2. The van der Waals surface area contributed by atoms with Crippen LogP contribution < -0.4 is 0 Å². The van der Waals surface area contributed by atoms with Crippen molar-refractivity contribution in [3.05, 3.63) is 77.2 Å². The SMILES string of the molecule is CC(=O)/C=C(/C)O.CC(C)(C)c1c[c-]c(-c2nccc3c2sc2cc4c(cc23)CCCC4)cc1.[Ir]. The second kappa shape index (κ2) is 11.2. The van der Waals surface area contributed by atoms with Gasteiger partial charge in [0.2, 0.25) is 0 Å². The van der Waals surface area contributed by atoms with Crippen LogP contribution in [0.1, 0.15) is 64.2 Å². The quantitative estimate of drug-likeness (QED) is 0.134. The van der Waals surface area contributed by atoms with Gasteiger partial charge in [0.15, 0.2) is 5.78 Å². The number of hydrogen-bond donors (Lipinski definition) is 1. The zero-order chi connectivity index (χ0) is 24.5. The van der Waals surface area contributed by atoms with E-state index in [1.165, 1.54) is 71.3 Å². The van der Waals surface area contributed by atoms with Crippen molar-refractivity contribution in [2.75, 3.05) is 0 Å². The van der Waals surface area contributed by atoms with Gasteiger partial charge >= 0.3 is 0 Å². The summed E-state index contributed by atoms with van der Waals surface area (Å²) in [6, 6.07) is 17.1. The molecule has 0 amide bonds. The topological polar surface area (TPSA) is 50.2 Å². The first-order valence-corrected chi connectivity index (χ1v) is 12.7. The van der Waals surface area contributed by atoms with Crippen molar-refractivity contribution in [3.63, 3.8) is 0 Å². The van der Waals surface area contributed by atoms with Gasteiger partial charge in [0.05, 0.1) is 5.76 Å². The normalized spacial score (nSPS) is 13.6. The molecule has 1 aliphatic carbocycles. The summed E-state index contributed by atoms with van der Waals surface area (Å²) >= 11 is 1.88. The number of benzene rings is 2. The summed E-state index contributed by atoms with van der Waals surface area (Å²) in [7, 11) is 0. The van der Waals surface area contributed by atoms with Crippen molar-refractivity contribution in [2.24, 2.45) is 0 Å². The molecule has 4 aromatic rings. The fraction of sp³-hybridized carbons (Fsp3) is 0.333. The number of carbonyl (C=O) groups excluding carboxylic acids is 1. The summed E-state index contributed by atoms with van der Waals surface area (Å²) in [4.78, 5) is 14.8. The number of allylic oxidation sites excluding steroid dienone is 2. The van der Waals surface area contributed by atoms with Gasteiger partial charge in [-0.2, -0.15) is 0 Å². The molecule has 185 valence electrons. The molecular weight excluding hydrogens is 631 g/mol. The maximum absolute atomic E-state index is 10.0. The zero-order valence-corrected chi connectivity index (χ0v) is 24.2. The number of thiophene rings is 1. The Morgan fingerprint density at radius 1 is 1.06 bits per heavy atom. The van der Waals surface area contributed by atoms with Crippen molar-refractivity contribution in [2.45, 2.75) is 65.7 Å². The van der Waals surface area contributed by atoms with Crippen LogP contribution in [0.3, 0.4) is 0 Å². The number of carbonyl (C=O) groups is 1. The third-order valence-electron chi connectivity index (χ3n) is 6.20. The van der Waals surface area contributed by atoms with E-state index in [1.54, 1.807) is 11.1 Å². The summed E-state index contributed by atoms with van der Waals surface area (Å²) in [5.41, 5.74) is 6.70. The van der Waals surface area contributed by atoms with Crippen LogP contribution in [-0.4, -0.2) is 15.9 Å². The van der Waals surface area contributed by atoms with Crippen molar-refractivity contribution >= 4 is 37.3 Å². The molecule has 0 bridgehead atoms. The van der Waals surface area contributed by atoms with Crippen LogP contribution in [0.4, 0.5) is 0 Å². The molecule has 0 fully saturated rings. The van der Waals surface area contributed by atoms with Gasteiger partial charge < -0.3 is 10.1 Å². The Kier molecular flexibility index (Phi) is 8.69. The molecule has 5 heteroatoms. The van der Waals surface area contributed by atoms with E-state index < -0.39 is 0 Å². The van der Waals surface area contributed by atoms with Crippen molar-refractivity contribution in [1.29, 1.82) is 0 Å². The van der Waals surface area contributed by atoms with Crippen LogP contribution in [0.2, 0.25) is 0 Å². The molecule has 0 unspecified atom stereocenters. The number of aryl methyl sites for hydroxylation is 2. The molecule has 5 rings (SSSR count). The van der Waals surface area contributed by atoms with Gasteiger partial charge in [-0.05, 0) is 85.0 Å². The first kappa shape index (κ1) is 27.3. The maximum Gasteiger partial charge on any atom is 0.155 e. The van der Waals surface area contributed by atoms with Crippen molar-refractivity contribution < 1.29 is 30.0 Å². The van der Waals surface area contributed by atoms with E-state index in [0.717, 1.165) is 11.3 Å². The van der Waals surface area contributed by atoms with Gasteiger partial charge in [0.1, 0.15) is 0 Å². The third-order valence-corrected chi connectivity index (χ3v) is 7.37. The van der Waals surface area contributed by atoms with Crippen molar-refractivity contribution in [3.8, 4) is 11.3 Å². The Morgan fingerprint density at radius 2 is 1.74 bits per heavy atom. The molecule has 2 aromatic heterocycles. The number of aliphatic hydroxyl groups excluding tert-OH is 1. The fourth-order valence-corrected chi connectivity index (χ4v) is 5.70. The molecule has 1 N–H and O–H groups in total. The first-order valence-electron chi connectivity index (χ1n) is 11.9. The van der Waals surface area contributed by atoms with Crippen LogP contribution in [0.5, 0.6) is 0 Å². The summed E-state index contributed by atoms with van der Waals surface area (Å²) in [6.07, 6.45) is 8.22. The van der Waals surface area contributed by atoms with E-state index in [0.29, 0.717) is 0 Å². The van der Waals surface area contributed by atoms with Crippen LogP contribution in [0.15, 0.2) is 54.4 Å². The van der Waals surface area contributed by atoms with Crippen LogP contribution in [0, 0.1) is 6.07 Å². The van der Waals surface area contributed by atoms with E-state index in [9.17, 15) is 4.79 Å². The van der Waals surface area contributed by atoms with E-state index in [-0.39, 0.29) is 37.1 Å². The Labute approximate surface area is 225 Å². The molecule has 0 atom stereocenters. The number of aromatic nitrogens is 1. The largest absolute Gasteiger partial charge is 0.512 e. The van der Waals surface area contributed by atoms with Gasteiger partial charge in [-0.1, -0.05) is 20.8 Å². The van der Waals surface area contributed by atoms with Gasteiger partial charge in [-0.15, -0.1) is 46.7 Å². The first-order chi connectivity index (χ1) is 16.1. The number of rotatable bonds is 2. The van der Waals surface area contributed by atoms with E-state index in [4.69, 9.17) is 10.1 Å². The molecule has 0 saturated heterocycles.